The van der Waals surface area contributed by atoms with E-state index >= 15 is 0 Å². The Bertz CT molecular complexity index is 620. The number of hydrogen-bond donors (Lipinski definition) is 1. The molecule has 0 bridgehead atoms. The smallest absolute Gasteiger partial charge is 0.223 e. The predicted molar refractivity (Wildman–Crippen MR) is 82.3 cm³/mol. The van der Waals surface area contributed by atoms with E-state index < -0.39 is 0 Å². The van der Waals surface area contributed by atoms with Crippen molar-refractivity contribution in [1.29, 1.82) is 0 Å². The SMILES string of the molecule is Cc1ccc(CCC(=O)N2CCN(C)C(c3ncc[nH]3)C2)o1. The molecule has 0 spiro atoms. The number of furan rings is 1. The van der Waals surface area contributed by atoms with E-state index in [1.807, 2.05) is 30.2 Å². The second-order valence-corrected chi connectivity index (χ2v) is 5.82. The minimum absolute atomic E-state index is 0.138. The van der Waals surface area contributed by atoms with Gasteiger partial charge in [0, 0.05) is 44.9 Å². The highest BCUT2D eigenvalue weighted by atomic mass is 16.3. The number of carbonyl (C=O) groups is 1. The number of imidazole rings is 1. The highest BCUT2D eigenvalue weighted by Gasteiger charge is 2.29. The lowest BCUT2D eigenvalue weighted by atomic mass is 10.1. The zero-order valence-electron chi connectivity index (χ0n) is 13.1. The van der Waals surface area contributed by atoms with Crippen LogP contribution in [0.1, 0.15) is 29.8 Å². The molecule has 0 radical (unpaired) electrons. The summed E-state index contributed by atoms with van der Waals surface area (Å²) in [6.45, 7) is 4.22. The van der Waals surface area contributed by atoms with Crippen molar-refractivity contribution in [3.05, 3.63) is 41.9 Å². The van der Waals surface area contributed by atoms with Gasteiger partial charge in [0.05, 0.1) is 6.04 Å². The van der Waals surface area contributed by atoms with Crippen LogP contribution < -0.4 is 0 Å². The number of likely N-dealkylation sites (N-methyl/N-ethyl adjacent to an activating group) is 1. The third-order valence-electron chi connectivity index (χ3n) is 4.22. The van der Waals surface area contributed by atoms with Crippen LogP contribution in [0.25, 0.3) is 0 Å². The first kappa shape index (κ1) is 14.8. The number of carbonyl (C=O) groups excluding carboxylic acids is 1. The topological polar surface area (TPSA) is 65.4 Å². The quantitative estimate of drug-likeness (QED) is 0.934. The summed E-state index contributed by atoms with van der Waals surface area (Å²) in [5.41, 5.74) is 0. The molecule has 1 saturated heterocycles. The second-order valence-electron chi connectivity index (χ2n) is 5.82. The largest absolute Gasteiger partial charge is 0.466 e. The van der Waals surface area contributed by atoms with Crippen molar-refractivity contribution in [3.63, 3.8) is 0 Å². The molecule has 3 heterocycles. The van der Waals surface area contributed by atoms with Crippen LogP contribution in [-0.2, 0) is 11.2 Å². The van der Waals surface area contributed by atoms with Crippen molar-refractivity contribution < 1.29 is 9.21 Å². The Morgan fingerprint density at radius 3 is 3.00 bits per heavy atom. The van der Waals surface area contributed by atoms with Crippen molar-refractivity contribution in [2.24, 2.45) is 0 Å². The van der Waals surface area contributed by atoms with Crippen molar-refractivity contribution in [1.82, 2.24) is 19.8 Å². The number of piperazine rings is 1. The van der Waals surface area contributed by atoms with Gasteiger partial charge in [0.25, 0.3) is 0 Å². The summed E-state index contributed by atoms with van der Waals surface area (Å²) in [7, 11) is 2.07. The highest BCUT2D eigenvalue weighted by molar-refractivity contribution is 5.76. The Kier molecular flexibility index (Phi) is 4.29. The van der Waals surface area contributed by atoms with Crippen molar-refractivity contribution in [2.75, 3.05) is 26.7 Å². The van der Waals surface area contributed by atoms with Crippen LogP contribution in [0.2, 0.25) is 0 Å². The predicted octanol–water partition coefficient (Wildman–Crippen LogP) is 1.76. The molecule has 2 aromatic heterocycles. The maximum Gasteiger partial charge on any atom is 0.223 e. The number of aryl methyl sites for hydroxylation is 2. The van der Waals surface area contributed by atoms with Crippen molar-refractivity contribution in [3.8, 4) is 0 Å². The molecule has 1 atom stereocenters. The number of aromatic amines is 1. The molecule has 3 rings (SSSR count). The number of hydrogen-bond acceptors (Lipinski definition) is 4. The van der Waals surface area contributed by atoms with Gasteiger partial charge < -0.3 is 14.3 Å². The molecular formula is C16H22N4O2. The summed E-state index contributed by atoms with van der Waals surface area (Å²) in [5.74, 6) is 2.86. The second kappa shape index (κ2) is 6.36. The molecule has 0 aromatic carbocycles. The minimum Gasteiger partial charge on any atom is -0.466 e. The molecule has 1 fully saturated rings. The Labute approximate surface area is 130 Å². The summed E-state index contributed by atoms with van der Waals surface area (Å²) in [5, 5.41) is 0. The molecule has 6 nitrogen and oxygen atoms in total. The van der Waals surface area contributed by atoms with Gasteiger partial charge in [0.2, 0.25) is 5.91 Å². The van der Waals surface area contributed by atoms with Crippen molar-refractivity contribution >= 4 is 5.91 Å². The highest BCUT2D eigenvalue weighted by Crippen LogP contribution is 2.21. The van der Waals surface area contributed by atoms with Gasteiger partial charge in [0.15, 0.2) is 0 Å². The fourth-order valence-corrected chi connectivity index (χ4v) is 2.86. The van der Waals surface area contributed by atoms with E-state index in [-0.39, 0.29) is 11.9 Å². The lowest BCUT2D eigenvalue weighted by Gasteiger charge is -2.38. The first-order valence-corrected chi connectivity index (χ1v) is 7.66. The van der Waals surface area contributed by atoms with Crippen molar-refractivity contribution in [2.45, 2.75) is 25.8 Å². The van der Waals surface area contributed by atoms with Gasteiger partial charge in [0.1, 0.15) is 17.3 Å². The average molecular weight is 302 g/mol. The molecule has 2 aromatic rings. The Balaban J connectivity index is 1.58. The number of H-pyrrole nitrogens is 1. The molecule has 1 aliphatic rings. The monoisotopic (exact) mass is 302 g/mol. The van der Waals surface area contributed by atoms with Gasteiger partial charge in [-0.2, -0.15) is 0 Å². The molecule has 118 valence electrons. The molecule has 1 unspecified atom stereocenters. The fourth-order valence-electron chi connectivity index (χ4n) is 2.86. The number of nitrogens with zero attached hydrogens (tertiary/aromatic N) is 3. The Hall–Kier alpha value is -2.08. The fraction of sp³-hybridized carbons (Fsp3) is 0.500. The minimum atomic E-state index is 0.138. The van der Waals surface area contributed by atoms with Gasteiger partial charge in [-0.15, -0.1) is 0 Å². The average Bonchev–Trinajstić information content (AvgIpc) is 3.17. The Morgan fingerprint density at radius 2 is 2.32 bits per heavy atom. The summed E-state index contributed by atoms with van der Waals surface area (Å²) < 4.78 is 5.52. The van der Waals surface area contributed by atoms with E-state index in [9.17, 15) is 4.79 Å². The van der Waals surface area contributed by atoms with E-state index in [1.54, 1.807) is 6.20 Å². The number of amides is 1. The van der Waals surface area contributed by atoms with E-state index in [4.69, 9.17) is 4.42 Å². The van der Waals surface area contributed by atoms with Gasteiger partial charge >= 0.3 is 0 Å². The molecule has 1 amide bonds. The molecule has 6 heteroatoms. The van der Waals surface area contributed by atoms with E-state index in [0.29, 0.717) is 19.4 Å². The lowest BCUT2D eigenvalue weighted by molar-refractivity contribution is -0.134. The molecule has 1 aliphatic heterocycles. The third-order valence-corrected chi connectivity index (χ3v) is 4.22. The molecule has 0 saturated carbocycles. The lowest BCUT2D eigenvalue weighted by Crippen LogP contribution is -2.49. The van der Waals surface area contributed by atoms with Crippen LogP contribution in [0.3, 0.4) is 0 Å². The summed E-state index contributed by atoms with van der Waals surface area (Å²) in [4.78, 5) is 24.1. The van der Waals surface area contributed by atoms with Crippen LogP contribution >= 0.6 is 0 Å². The van der Waals surface area contributed by atoms with Crippen LogP contribution in [0.4, 0.5) is 0 Å². The van der Waals surface area contributed by atoms with E-state index in [2.05, 4.69) is 21.9 Å². The van der Waals surface area contributed by atoms with E-state index in [1.165, 1.54) is 0 Å². The first-order valence-electron chi connectivity index (χ1n) is 7.66. The zero-order valence-corrected chi connectivity index (χ0v) is 13.1. The summed E-state index contributed by atoms with van der Waals surface area (Å²) in [6.07, 6.45) is 4.72. The van der Waals surface area contributed by atoms with Crippen LogP contribution in [0.15, 0.2) is 28.9 Å². The third kappa shape index (κ3) is 3.22. The van der Waals surface area contributed by atoms with Crippen LogP contribution in [0.5, 0.6) is 0 Å². The van der Waals surface area contributed by atoms with Crippen LogP contribution in [0, 0.1) is 6.92 Å². The van der Waals surface area contributed by atoms with Crippen LogP contribution in [-0.4, -0.2) is 52.4 Å². The normalized spacial score (nSPS) is 19.5. The number of rotatable bonds is 4. The number of nitrogens with one attached hydrogen (secondary N) is 1. The summed E-state index contributed by atoms with van der Waals surface area (Å²) >= 11 is 0. The maximum absolute atomic E-state index is 12.4. The van der Waals surface area contributed by atoms with Gasteiger partial charge in [-0.05, 0) is 26.1 Å². The Morgan fingerprint density at radius 1 is 1.45 bits per heavy atom. The van der Waals surface area contributed by atoms with E-state index in [0.717, 1.165) is 30.4 Å². The molecule has 22 heavy (non-hydrogen) atoms. The molecular weight excluding hydrogens is 280 g/mol. The molecule has 1 N–H and O–H groups in total. The zero-order chi connectivity index (χ0) is 15.5. The first-order chi connectivity index (χ1) is 10.6. The number of aromatic nitrogens is 2. The standard InChI is InChI=1S/C16H22N4O2/c1-12-3-4-13(22-12)5-6-15(21)20-10-9-19(2)14(11-20)16-17-7-8-18-16/h3-4,7-8,14H,5-6,9-11H2,1-2H3,(H,17,18). The summed E-state index contributed by atoms with van der Waals surface area (Å²) in [6, 6.07) is 4.01. The maximum atomic E-state index is 12.4. The van der Waals surface area contributed by atoms with Gasteiger partial charge in [-0.25, -0.2) is 4.98 Å². The van der Waals surface area contributed by atoms with Gasteiger partial charge in [-0.3, -0.25) is 9.69 Å². The molecule has 0 aliphatic carbocycles. The van der Waals surface area contributed by atoms with Gasteiger partial charge in [-0.1, -0.05) is 0 Å².